The molecule has 0 aromatic heterocycles. The van der Waals surface area contributed by atoms with Crippen molar-refractivity contribution in [1.82, 2.24) is 5.32 Å². The minimum Gasteiger partial charge on any atom is -0.409 e. The van der Waals surface area contributed by atoms with Gasteiger partial charge < -0.3 is 16.3 Å². The molecule has 0 fully saturated rings. The Labute approximate surface area is 86.3 Å². The van der Waals surface area contributed by atoms with E-state index in [9.17, 15) is 13.6 Å². The van der Waals surface area contributed by atoms with Crippen LogP contribution in [0.5, 0.6) is 0 Å². The third kappa shape index (κ3) is 3.34. The summed E-state index contributed by atoms with van der Waals surface area (Å²) in [5.74, 6) is -0.975. The van der Waals surface area contributed by atoms with Crippen molar-refractivity contribution in [2.24, 2.45) is 16.3 Å². The first-order chi connectivity index (χ1) is 6.88. The zero-order valence-electron chi connectivity index (χ0n) is 8.63. The molecule has 1 amide bonds. The first-order valence-corrected chi connectivity index (χ1v) is 4.43. The van der Waals surface area contributed by atoms with E-state index in [0.717, 1.165) is 0 Å². The quantitative estimate of drug-likeness (QED) is 0.275. The first-order valence-electron chi connectivity index (χ1n) is 4.43. The van der Waals surface area contributed by atoms with Gasteiger partial charge in [0.2, 0.25) is 5.91 Å². The Morgan fingerprint density at radius 2 is 2.20 bits per heavy atom. The molecule has 7 heteroatoms. The van der Waals surface area contributed by atoms with Gasteiger partial charge in [0, 0.05) is 0 Å². The number of halogens is 2. The van der Waals surface area contributed by atoms with Crippen LogP contribution in [0, 0.1) is 5.41 Å². The Kier molecular flexibility index (Phi) is 4.96. The lowest BCUT2D eigenvalue weighted by molar-refractivity contribution is -0.127. The van der Waals surface area contributed by atoms with E-state index in [-0.39, 0.29) is 12.3 Å². The molecule has 15 heavy (non-hydrogen) atoms. The fourth-order valence-electron chi connectivity index (χ4n) is 0.933. The van der Waals surface area contributed by atoms with Gasteiger partial charge in [-0.05, 0) is 13.3 Å². The van der Waals surface area contributed by atoms with Crippen LogP contribution in [-0.4, -0.2) is 29.9 Å². The van der Waals surface area contributed by atoms with Crippen LogP contribution in [0.3, 0.4) is 0 Å². The number of alkyl halides is 2. The van der Waals surface area contributed by atoms with E-state index in [0.29, 0.717) is 0 Å². The Morgan fingerprint density at radius 3 is 2.53 bits per heavy atom. The molecule has 0 spiro atoms. The van der Waals surface area contributed by atoms with Gasteiger partial charge in [-0.1, -0.05) is 12.1 Å². The van der Waals surface area contributed by atoms with E-state index < -0.39 is 24.3 Å². The fraction of sp³-hybridized carbons (Fsp3) is 0.750. The highest BCUT2D eigenvalue weighted by atomic mass is 19.3. The van der Waals surface area contributed by atoms with Crippen LogP contribution in [-0.2, 0) is 4.79 Å². The Hall–Kier alpha value is -1.40. The maximum absolute atomic E-state index is 11.8. The molecular weight excluding hydrogens is 208 g/mol. The van der Waals surface area contributed by atoms with Crippen molar-refractivity contribution in [3.05, 3.63) is 0 Å². The molecule has 0 aliphatic carbocycles. The Morgan fingerprint density at radius 1 is 1.67 bits per heavy atom. The predicted molar refractivity (Wildman–Crippen MR) is 50.8 cm³/mol. The zero-order valence-corrected chi connectivity index (χ0v) is 8.63. The molecule has 0 radical (unpaired) electrons. The summed E-state index contributed by atoms with van der Waals surface area (Å²) in [6.45, 7) is 2.32. The van der Waals surface area contributed by atoms with Gasteiger partial charge in [0.05, 0.1) is 6.54 Å². The molecule has 0 aromatic carbocycles. The van der Waals surface area contributed by atoms with Gasteiger partial charge in [0.15, 0.2) is 5.84 Å². The number of nitrogens with one attached hydrogen (secondary N) is 1. The van der Waals surface area contributed by atoms with Gasteiger partial charge in [-0.15, -0.1) is 0 Å². The second-order valence-corrected chi connectivity index (χ2v) is 3.27. The highest BCUT2D eigenvalue weighted by Gasteiger charge is 2.36. The molecule has 5 nitrogen and oxygen atoms in total. The summed E-state index contributed by atoms with van der Waals surface area (Å²) in [4.78, 5) is 11.5. The summed E-state index contributed by atoms with van der Waals surface area (Å²) in [6.07, 6.45) is -2.37. The van der Waals surface area contributed by atoms with Crippen LogP contribution in [0.15, 0.2) is 5.16 Å². The van der Waals surface area contributed by atoms with E-state index in [2.05, 4.69) is 5.16 Å². The van der Waals surface area contributed by atoms with Gasteiger partial charge in [0.25, 0.3) is 6.43 Å². The number of oxime groups is 1. The Bertz CT molecular complexity index is 258. The lowest BCUT2D eigenvalue weighted by Crippen LogP contribution is -2.48. The van der Waals surface area contributed by atoms with E-state index in [1.807, 2.05) is 5.32 Å². The average Bonchev–Trinajstić information content (AvgIpc) is 2.23. The van der Waals surface area contributed by atoms with Crippen molar-refractivity contribution in [1.29, 1.82) is 0 Å². The summed E-state index contributed by atoms with van der Waals surface area (Å²) < 4.78 is 23.7. The zero-order chi connectivity index (χ0) is 12.1. The third-order valence-corrected chi connectivity index (χ3v) is 2.30. The van der Waals surface area contributed by atoms with Crippen LogP contribution >= 0.6 is 0 Å². The summed E-state index contributed by atoms with van der Waals surface area (Å²) in [6, 6.07) is 0. The number of carbonyl (C=O) groups excluding carboxylic acids is 1. The molecule has 0 bridgehead atoms. The van der Waals surface area contributed by atoms with E-state index in [1.165, 1.54) is 6.92 Å². The van der Waals surface area contributed by atoms with Crippen molar-refractivity contribution in [3.8, 4) is 0 Å². The van der Waals surface area contributed by atoms with Crippen molar-refractivity contribution in [2.75, 3.05) is 6.54 Å². The smallest absolute Gasteiger partial charge is 0.255 e. The van der Waals surface area contributed by atoms with Gasteiger partial charge in [0.1, 0.15) is 5.41 Å². The van der Waals surface area contributed by atoms with Gasteiger partial charge in [-0.3, -0.25) is 4.79 Å². The van der Waals surface area contributed by atoms with Crippen LogP contribution in [0.2, 0.25) is 0 Å². The van der Waals surface area contributed by atoms with Crippen LogP contribution in [0.4, 0.5) is 8.78 Å². The monoisotopic (exact) mass is 223 g/mol. The number of carbonyl (C=O) groups is 1. The van der Waals surface area contributed by atoms with Crippen LogP contribution in [0.1, 0.15) is 20.3 Å². The molecule has 0 saturated carbocycles. The minimum absolute atomic E-state index is 0.248. The molecule has 0 heterocycles. The van der Waals surface area contributed by atoms with Crippen molar-refractivity contribution in [3.63, 3.8) is 0 Å². The molecule has 0 saturated heterocycles. The fourth-order valence-corrected chi connectivity index (χ4v) is 0.933. The number of nitrogens with zero attached hydrogens (tertiary/aromatic N) is 1. The molecule has 0 aliphatic heterocycles. The molecule has 88 valence electrons. The largest absolute Gasteiger partial charge is 0.409 e. The van der Waals surface area contributed by atoms with Gasteiger partial charge >= 0.3 is 0 Å². The summed E-state index contributed by atoms with van der Waals surface area (Å²) >= 11 is 0. The van der Waals surface area contributed by atoms with Gasteiger partial charge in [-0.25, -0.2) is 8.78 Å². The number of nitrogens with two attached hydrogens (primary N) is 1. The van der Waals surface area contributed by atoms with Crippen LogP contribution in [0.25, 0.3) is 0 Å². The lowest BCUT2D eigenvalue weighted by atomic mass is 9.85. The highest BCUT2D eigenvalue weighted by Crippen LogP contribution is 2.21. The molecule has 4 N–H and O–H groups in total. The van der Waals surface area contributed by atoms with Crippen molar-refractivity contribution >= 4 is 11.7 Å². The van der Waals surface area contributed by atoms with E-state index in [4.69, 9.17) is 10.9 Å². The summed E-state index contributed by atoms with van der Waals surface area (Å²) in [5.41, 5.74) is 4.06. The number of amides is 1. The standard InChI is InChI=1S/C8H15F2N3O2/c1-3-8(2,6(11)13-15)7(14)12-4-5(9)10/h5,15H,3-4H2,1-2H3,(H2,11,13)(H,12,14). The molecule has 1 unspecified atom stereocenters. The summed E-state index contributed by atoms with van der Waals surface area (Å²) in [5, 5.41) is 13.2. The SMILES string of the molecule is CCC(C)(C(=O)NCC(F)F)C(N)=NO. The number of hydrogen-bond donors (Lipinski definition) is 3. The number of amidine groups is 1. The number of hydrogen-bond acceptors (Lipinski definition) is 3. The maximum atomic E-state index is 11.8. The van der Waals surface area contributed by atoms with Crippen molar-refractivity contribution < 1.29 is 18.8 Å². The highest BCUT2D eigenvalue weighted by molar-refractivity contribution is 6.06. The average molecular weight is 223 g/mol. The molecule has 1 atom stereocenters. The summed E-state index contributed by atoms with van der Waals surface area (Å²) in [7, 11) is 0. The maximum Gasteiger partial charge on any atom is 0.255 e. The Balaban J connectivity index is 4.60. The van der Waals surface area contributed by atoms with Gasteiger partial charge in [-0.2, -0.15) is 0 Å². The first kappa shape index (κ1) is 13.6. The normalized spacial score (nSPS) is 16.2. The minimum atomic E-state index is -2.62. The third-order valence-electron chi connectivity index (χ3n) is 2.30. The van der Waals surface area contributed by atoms with Crippen LogP contribution < -0.4 is 11.1 Å². The number of rotatable bonds is 5. The molecular formula is C8H15F2N3O2. The molecule has 0 aromatic rings. The predicted octanol–water partition coefficient (Wildman–Crippen LogP) is 0.530. The lowest BCUT2D eigenvalue weighted by Gasteiger charge is -2.25. The van der Waals surface area contributed by atoms with Crippen molar-refractivity contribution in [2.45, 2.75) is 26.7 Å². The van der Waals surface area contributed by atoms with E-state index in [1.54, 1.807) is 6.92 Å². The van der Waals surface area contributed by atoms with E-state index >= 15 is 0 Å². The second kappa shape index (κ2) is 5.47. The second-order valence-electron chi connectivity index (χ2n) is 3.27. The topological polar surface area (TPSA) is 87.7 Å². The molecule has 0 rings (SSSR count). The molecule has 0 aliphatic rings.